The first kappa shape index (κ1) is 16.7. The lowest BCUT2D eigenvalue weighted by Gasteiger charge is -2.35. The Kier molecular flexibility index (Phi) is 5.39. The third kappa shape index (κ3) is 4.69. The molecule has 1 atom stereocenters. The van der Waals surface area contributed by atoms with E-state index in [-0.39, 0.29) is 5.91 Å². The van der Waals surface area contributed by atoms with E-state index < -0.39 is 17.7 Å². The molecule has 22 heavy (non-hydrogen) atoms. The summed E-state index contributed by atoms with van der Waals surface area (Å²) in [6.45, 7) is 6.44. The Morgan fingerprint density at radius 2 is 2.23 bits per heavy atom. The van der Waals surface area contributed by atoms with Gasteiger partial charge in [-0.2, -0.15) is 0 Å². The molecule has 0 aromatic carbocycles. The van der Waals surface area contributed by atoms with Gasteiger partial charge in [-0.3, -0.25) is 9.69 Å². The molecule has 1 aliphatic heterocycles. The van der Waals surface area contributed by atoms with E-state index in [4.69, 9.17) is 4.74 Å². The van der Waals surface area contributed by atoms with E-state index in [1.807, 2.05) is 26.2 Å². The Morgan fingerprint density at radius 3 is 2.86 bits per heavy atom. The van der Waals surface area contributed by atoms with E-state index in [9.17, 15) is 9.59 Å². The van der Waals surface area contributed by atoms with Gasteiger partial charge in [-0.25, -0.2) is 9.78 Å². The molecule has 2 rings (SSSR count). The molecule has 2 amide bonds. The Morgan fingerprint density at radius 1 is 1.45 bits per heavy atom. The molecule has 2 heterocycles. The van der Waals surface area contributed by atoms with E-state index >= 15 is 0 Å². The zero-order valence-electron chi connectivity index (χ0n) is 13.3. The number of amides is 2. The number of nitrogens with one attached hydrogen (secondary N) is 1. The zero-order valence-corrected chi connectivity index (χ0v) is 14.1. The summed E-state index contributed by atoms with van der Waals surface area (Å²) in [7, 11) is 0. The van der Waals surface area contributed by atoms with Crippen LogP contribution >= 0.6 is 11.3 Å². The maximum Gasteiger partial charge on any atom is 0.410 e. The van der Waals surface area contributed by atoms with Crippen LogP contribution in [0.15, 0.2) is 11.6 Å². The summed E-state index contributed by atoms with van der Waals surface area (Å²) in [5.41, 5.74) is -0.559. The predicted octanol–water partition coefficient (Wildman–Crippen LogP) is 2.55. The Bertz CT molecular complexity index is 511. The van der Waals surface area contributed by atoms with E-state index in [2.05, 4.69) is 10.3 Å². The number of likely N-dealkylation sites (tertiary alicyclic amines) is 1. The fraction of sp³-hybridized carbons (Fsp3) is 0.667. The van der Waals surface area contributed by atoms with Crippen molar-refractivity contribution in [2.45, 2.75) is 58.2 Å². The lowest BCUT2D eigenvalue weighted by molar-refractivity contribution is -0.127. The van der Waals surface area contributed by atoms with Crippen molar-refractivity contribution in [2.75, 3.05) is 6.54 Å². The molecule has 7 heteroatoms. The number of rotatable bonds is 3. The average molecular weight is 325 g/mol. The lowest BCUT2D eigenvalue weighted by atomic mass is 10.0. The van der Waals surface area contributed by atoms with E-state index in [0.717, 1.165) is 17.8 Å². The highest BCUT2D eigenvalue weighted by atomic mass is 32.1. The van der Waals surface area contributed by atoms with Crippen LogP contribution in [-0.4, -0.2) is 40.1 Å². The number of hydrogen-bond donors (Lipinski definition) is 1. The minimum atomic E-state index is -0.559. The minimum absolute atomic E-state index is 0.138. The van der Waals surface area contributed by atoms with Crippen molar-refractivity contribution >= 4 is 23.3 Å². The monoisotopic (exact) mass is 325 g/mol. The van der Waals surface area contributed by atoms with E-state index in [1.54, 1.807) is 11.1 Å². The maximum absolute atomic E-state index is 12.4. The van der Waals surface area contributed by atoms with Gasteiger partial charge in [-0.15, -0.1) is 11.3 Å². The Balaban J connectivity index is 1.96. The van der Waals surface area contributed by atoms with Gasteiger partial charge in [0.25, 0.3) is 0 Å². The molecule has 122 valence electrons. The van der Waals surface area contributed by atoms with Gasteiger partial charge < -0.3 is 10.1 Å². The van der Waals surface area contributed by atoms with Crippen LogP contribution in [0.3, 0.4) is 0 Å². The summed E-state index contributed by atoms with van der Waals surface area (Å²) in [6.07, 6.45) is 3.80. The average Bonchev–Trinajstić information content (AvgIpc) is 2.96. The quantitative estimate of drug-likeness (QED) is 0.927. The van der Waals surface area contributed by atoms with Gasteiger partial charge in [0.15, 0.2) is 0 Å². The van der Waals surface area contributed by atoms with Gasteiger partial charge in [-0.1, -0.05) is 0 Å². The number of nitrogens with zero attached hydrogens (tertiary/aromatic N) is 2. The van der Waals surface area contributed by atoms with Crippen molar-refractivity contribution in [2.24, 2.45) is 0 Å². The van der Waals surface area contributed by atoms with Crippen molar-refractivity contribution in [1.29, 1.82) is 0 Å². The molecule has 0 aliphatic carbocycles. The van der Waals surface area contributed by atoms with Crippen LogP contribution in [0.1, 0.15) is 45.0 Å². The summed E-state index contributed by atoms with van der Waals surface area (Å²) in [5.74, 6) is -0.138. The second-order valence-electron chi connectivity index (χ2n) is 6.33. The smallest absolute Gasteiger partial charge is 0.410 e. The third-order valence-corrected chi connectivity index (χ3v) is 4.11. The fourth-order valence-corrected chi connectivity index (χ4v) is 2.92. The zero-order chi connectivity index (χ0) is 16.2. The summed E-state index contributed by atoms with van der Waals surface area (Å²) in [4.78, 5) is 30.3. The summed E-state index contributed by atoms with van der Waals surface area (Å²) < 4.78 is 5.40. The maximum atomic E-state index is 12.4. The first-order chi connectivity index (χ1) is 10.4. The number of piperidine rings is 1. The molecule has 6 nitrogen and oxygen atoms in total. The third-order valence-electron chi connectivity index (χ3n) is 3.33. The number of carbonyl (C=O) groups is 2. The number of thiazole rings is 1. The largest absolute Gasteiger partial charge is 0.444 e. The van der Waals surface area contributed by atoms with Crippen LogP contribution in [0.2, 0.25) is 0 Å². The molecule has 0 radical (unpaired) electrons. The summed E-state index contributed by atoms with van der Waals surface area (Å²) in [6, 6.07) is -0.455. The van der Waals surface area contributed by atoms with Gasteiger partial charge in [0.1, 0.15) is 16.7 Å². The second kappa shape index (κ2) is 7.09. The fourth-order valence-electron chi connectivity index (χ4n) is 2.36. The molecular formula is C15H23N3O3S. The van der Waals surface area contributed by atoms with Crippen LogP contribution in [0, 0.1) is 0 Å². The molecule has 0 unspecified atom stereocenters. The highest BCUT2D eigenvalue weighted by molar-refractivity contribution is 7.09. The predicted molar refractivity (Wildman–Crippen MR) is 84.5 cm³/mol. The molecular weight excluding hydrogens is 302 g/mol. The minimum Gasteiger partial charge on any atom is -0.444 e. The van der Waals surface area contributed by atoms with Crippen LogP contribution < -0.4 is 5.32 Å². The second-order valence-corrected chi connectivity index (χ2v) is 7.31. The first-order valence-electron chi connectivity index (χ1n) is 7.52. The Labute approximate surface area is 134 Å². The number of hydrogen-bond acceptors (Lipinski definition) is 5. The number of carbonyl (C=O) groups excluding carboxylic acids is 2. The molecule has 0 saturated carbocycles. The highest BCUT2D eigenvalue weighted by Crippen LogP contribution is 2.20. The van der Waals surface area contributed by atoms with Crippen molar-refractivity contribution in [3.8, 4) is 0 Å². The SMILES string of the molecule is CC(C)(C)OC(=O)N1CCCC[C@@H]1C(=O)NCc1nccs1. The van der Waals surface area contributed by atoms with E-state index in [0.29, 0.717) is 19.5 Å². The molecule has 1 saturated heterocycles. The molecule has 0 bridgehead atoms. The number of aromatic nitrogens is 1. The van der Waals surface area contributed by atoms with E-state index in [1.165, 1.54) is 11.3 Å². The van der Waals surface area contributed by atoms with Crippen LogP contribution in [0.5, 0.6) is 0 Å². The first-order valence-corrected chi connectivity index (χ1v) is 8.40. The van der Waals surface area contributed by atoms with Crippen molar-refractivity contribution in [3.63, 3.8) is 0 Å². The van der Waals surface area contributed by atoms with Gasteiger partial charge in [-0.05, 0) is 40.0 Å². The lowest BCUT2D eigenvalue weighted by Crippen LogP contribution is -2.52. The van der Waals surface area contributed by atoms with Gasteiger partial charge in [0.05, 0.1) is 6.54 Å². The van der Waals surface area contributed by atoms with Crippen LogP contribution in [0.25, 0.3) is 0 Å². The van der Waals surface area contributed by atoms with Crippen molar-refractivity contribution in [3.05, 3.63) is 16.6 Å². The molecule has 1 aromatic rings. The number of ether oxygens (including phenoxy) is 1. The molecule has 1 aromatic heterocycles. The molecule has 1 aliphatic rings. The van der Waals surface area contributed by atoms with Crippen LogP contribution in [-0.2, 0) is 16.1 Å². The van der Waals surface area contributed by atoms with Crippen LogP contribution in [0.4, 0.5) is 4.79 Å². The van der Waals surface area contributed by atoms with Crippen molar-refractivity contribution < 1.29 is 14.3 Å². The standard InChI is InChI=1S/C15H23N3O3S/c1-15(2,3)21-14(20)18-8-5-4-6-11(18)13(19)17-10-12-16-7-9-22-12/h7,9,11H,4-6,8,10H2,1-3H3,(H,17,19)/t11-/m1/s1. The normalized spacial score (nSPS) is 18.9. The summed E-state index contributed by atoms with van der Waals surface area (Å²) >= 11 is 1.50. The van der Waals surface area contributed by atoms with Gasteiger partial charge in [0, 0.05) is 18.1 Å². The highest BCUT2D eigenvalue weighted by Gasteiger charge is 2.34. The topological polar surface area (TPSA) is 71.5 Å². The van der Waals surface area contributed by atoms with Gasteiger partial charge in [0.2, 0.25) is 5.91 Å². The summed E-state index contributed by atoms with van der Waals surface area (Å²) in [5, 5.41) is 5.59. The van der Waals surface area contributed by atoms with Gasteiger partial charge >= 0.3 is 6.09 Å². The molecule has 1 fully saturated rings. The van der Waals surface area contributed by atoms with Crippen molar-refractivity contribution in [1.82, 2.24) is 15.2 Å². The Hall–Kier alpha value is -1.63. The molecule has 0 spiro atoms. The molecule has 1 N–H and O–H groups in total.